The average molecular weight is 205 g/mol. The van der Waals surface area contributed by atoms with E-state index in [1.54, 1.807) is 6.92 Å². The lowest BCUT2D eigenvalue weighted by Gasteiger charge is -2.12. The zero-order chi connectivity index (χ0) is 11.5. The molecule has 0 saturated carbocycles. The summed E-state index contributed by atoms with van der Waals surface area (Å²) in [5.74, 6) is 0.205. The largest absolute Gasteiger partial charge is 0.399 e. The standard InChI is InChI=1S/C13H19NO/c1-10(15)4-5-11-6-8-13(2,3)9-7-12(11)14/h6-9H,4-5,14H2,1-3H3. The minimum atomic E-state index is 0.0442. The summed E-state index contributed by atoms with van der Waals surface area (Å²) in [7, 11) is 0. The Labute approximate surface area is 91.5 Å². The predicted molar refractivity (Wildman–Crippen MR) is 63.2 cm³/mol. The van der Waals surface area contributed by atoms with E-state index in [1.807, 2.05) is 12.2 Å². The average Bonchev–Trinajstić information content (AvgIpc) is 2.25. The molecule has 0 bridgehead atoms. The van der Waals surface area contributed by atoms with Crippen molar-refractivity contribution in [3.05, 3.63) is 35.6 Å². The van der Waals surface area contributed by atoms with Gasteiger partial charge in [-0.3, -0.25) is 0 Å². The van der Waals surface area contributed by atoms with Crippen molar-refractivity contribution in [3.63, 3.8) is 0 Å². The smallest absolute Gasteiger partial charge is 0.130 e. The fourth-order valence-electron chi connectivity index (χ4n) is 1.42. The Hall–Kier alpha value is -1.31. The summed E-state index contributed by atoms with van der Waals surface area (Å²) in [6, 6.07) is 0. The Morgan fingerprint density at radius 2 is 1.93 bits per heavy atom. The number of rotatable bonds is 3. The number of carbonyl (C=O) groups excluding carboxylic acids is 1. The van der Waals surface area contributed by atoms with Crippen molar-refractivity contribution in [1.82, 2.24) is 0 Å². The molecule has 0 fully saturated rings. The molecule has 0 amide bonds. The third-order valence-electron chi connectivity index (χ3n) is 2.52. The van der Waals surface area contributed by atoms with Crippen molar-refractivity contribution in [1.29, 1.82) is 0 Å². The van der Waals surface area contributed by atoms with Crippen molar-refractivity contribution in [2.24, 2.45) is 11.1 Å². The molecule has 0 spiro atoms. The molecule has 0 heterocycles. The van der Waals surface area contributed by atoms with Gasteiger partial charge in [-0.2, -0.15) is 0 Å². The van der Waals surface area contributed by atoms with Gasteiger partial charge in [0.05, 0.1) is 0 Å². The summed E-state index contributed by atoms with van der Waals surface area (Å²) in [5.41, 5.74) is 7.80. The monoisotopic (exact) mass is 205 g/mol. The van der Waals surface area contributed by atoms with E-state index < -0.39 is 0 Å². The molecule has 2 nitrogen and oxygen atoms in total. The zero-order valence-electron chi connectivity index (χ0n) is 9.71. The summed E-state index contributed by atoms with van der Waals surface area (Å²) >= 11 is 0. The van der Waals surface area contributed by atoms with Crippen LogP contribution in [0.3, 0.4) is 0 Å². The van der Waals surface area contributed by atoms with E-state index in [4.69, 9.17) is 5.73 Å². The lowest BCUT2D eigenvalue weighted by atomic mass is 9.93. The molecule has 0 aromatic rings. The SMILES string of the molecule is CC(=O)CCC1=C(N)C=CC(C)(C)C=C1. The number of carbonyl (C=O) groups is 1. The van der Waals surface area contributed by atoms with Gasteiger partial charge in [-0.05, 0) is 25.0 Å². The van der Waals surface area contributed by atoms with Gasteiger partial charge in [0.25, 0.3) is 0 Å². The lowest BCUT2D eigenvalue weighted by Crippen LogP contribution is -2.01. The van der Waals surface area contributed by atoms with Gasteiger partial charge >= 0.3 is 0 Å². The van der Waals surface area contributed by atoms with E-state index in [0.29, 0.717) is 6.42 Å². The second kappa shape index (κ2) is 4.47. The molecule has 0 radical (unpaired) electrons. The van der Waals surface area contributed by atoms with Crippen LogP contribution < -0.4 is 5.73 Å². The maximum Gasteiger partial charge on any atom is 0.130 e. The minimum Gasteiger partial charge on any atom is -0.399 e. The van der Waals surface area contributed by atoms with Crippen LogP contribution in [0.4, 0.5) is 0 Å². The van der Waals surface area contributed by atoms with Crippen molar-refractivity contribution < 1.29 is 4.79 Å². The van der Waals surface area contributed by atoms with Gasteiger partial charge in [-0.25, -0.2) is 0 Å². The molecule has 1 aliphatic carbocycles. The maximum atomic E-state index is 10.9. The Bertz CT molecular complexity index is 346. The lowest BCUT2D eigenvalue weighted by molar-refractivity contribution is -0.116. The van der Waals surface area contributed by atoms with Crippen LogP contribution in [0.2, 0.25) is 0 Å². The van der Waals surface area contributed by atoms with Crippen molar-refractivity contribution in [3.8, 4) is 0 Å². The van der Waals surface area contributed by atoms with Gasteiger partial charge in [0.1, 0.15) is 5.78 Å². The Kier molecular flexibility index (Phi) is 3.51. The highest BCUT2D eigenvalue weighted by Gasteiger charge is 2.12. The van der Waals surface area contributed by atoms with E-state index in [-0.39, 0.29) is 11.2 Å². The fraction of sp³-hybridized carbons (Fsp3) is 0.462. The first-order chi connectivity index (χ1) is 6.91. The predicted octanol–water partition coefficient (Wildman–Crippen LogP) is 2.72. The van der Waals surface area contributed by atoms with Gasteiger partial charge in [-0.1, -0.05) is 32.1 Å². The minimum absolute atomic E-state index is 0.0442. The number of ketones is 1. The molecule has 0 saturated heterocycles. The van der Waals surface area contributed by atoms with E-state index in [2.05, 4.69) is 26.0 Å². The molecular weight excluding hydrogens is 186 g/mol. The van der Waals surface area contributed by atoms with Gasteiger partial charge in [0.15, 0.2) is 0 Å². The molecule has 15 heavy (non-hydrogen) atoms. The molecule has 82 valence electrons. The Morgan fingerprint density at radius 1 is 1.33 bits per heavy atom. The highest BCUT2D eigenvalue weighted by atomic mass is 16.1. The topological polar surface area (TPSA) is 43.1 Å². The van der Waals surface area contributed by atoms with Crippen LogP contribution in [0.1, 0.15) is 33.6 Å². The molecule has 0 atom stereocenters. The third-order valence-corrected chi connectivity index (χ3v) is 2.52. The fourth-order valence-corrected chi connectivity index (χ4v) is 1.42. The maximum absolute atomic E-state index is 10.9. The Morgan fingerprint density at radius 3 is 2.53 bits per heavy atom. The van der Waals surface area contributed by atoms with E-state index in [0.717, 1.165) is 17.7 Å². The number of allylic oxidation sites excluding steroid dienone is 5. The number of hydrogen-bond acceptors (Lipinski definition) is 2. The van der Waals surface area contributed by atoms with E-state index in [1.165, 1.54) is 0 Å². The second-order valence-electron chi connectivity index (χ2n) is 4.67. The van der Waals surface area contributed by atoms with Crippen LogP contribution in [0, 0.1) is 5.41 Å². The zero-order valence-corrected chi connectivity index (χ0v) is 9.71. The molecule has 1 aliphatic rings. The first-order valence-corrected chi connectivity index (χ1v) is 5.27. The van der Waals surface area contributed by atoms with Crippen LogP contribution in [0.25, 0.3) is 0 Å². The van der Waals surface area contributed by atoms with Gasteiger partial charge < -0.3 is 10.5 Å². The molecule has 0 aliphatic heterocycles. The van der Waals surface area contributed by atoms with Crippen LogP contribution >= 0.6 is 0 Å². The quantitative estimate of drug-likeness (QED) is 0.769. The van der Waals surface area contributed by atoms with Gasteiger partial charge in [0.2, 0.25) is 0 Å². The molecule has 2 N–H and O–H groups in total. The van der Waals surface area contributed by atoms with Gasteiger partial charge in [0, 0.05) is 17.5 Å². The molecule has 2 heteroatoms. The first-order valence-electron chi connectivity index (χ1n) is 5.27. The van der Waals surface area contributed by atoms with Crippen molar-refractivity contribution >= 4 is 5.78 Å². The summed E-state index contributed by atoms with van der Waals surface area (Å²) < 4.78 is 0. The first kappa shape index (κ1) is 11.8. The molecule has 1 rings (SSSR count). The molecular formula is C13H19NO. The number of nitrogens with two attached hydrogens (primary N) is 1. The van der Waals surface area contributed by atoms with E-state index in [9.17, 15) is 4.79 Å². The number of hydrogen-bond donors (Lipinski definition) is 1. The van der Waals surface area contributed by atoms with Crippen LogP contribution in [0.15, 0.2) is 35.6 Å². The van der Waals surface area contributed by atoms with Crippen LogP contribution in [0.5, 0.6) is 0 Å². The summed E-state index contributed by atoms with van der Waals surface area (Å²) in [6.45, 7) is 5.86. The number of Topliss-reactive ketones (excluding diaryl/α,β-unsaturated/α-hetero) is 1. The van der Waals surface area contributed by atoms with Crippen LogP contribution in [-0.2, 0) is 4.79 Å². The summed E-state index contributed by atoms with van der Waals surface area (Å²) in [4.78, 5) is 10.9. The summed E-state index contributed by atoms with van der Waals surface area (Å²) in [6.07, 6.45) is 9.49. The highest BCUT2D eigenvalue weighted by molar-refractivity contribution is 5.75. The normalized spacial score (nSPS) is 19.1. The van der Waals surface area contributed by atoms with Crippen molar-refractivity contribution in [2.75, 3.05) is 0 Å². The van der Waals surface area contributed by atoms with Crippen molar-refractivity contribution in [2.45, 2.75) is 33.6 Å². The van der Waals surface area contributed by atoms with Crippen LogP contribution in [-0.4, -0.2) is 5.78 Å². The highest BCUT2D eigenvalue weighted by Crippen LogP contribution is 2.25. The van der Waals surface area contributed by atoms with Gasteiger partial charge in [-0.15, -0.1) is 0 Å². The molecule has 0 aromatic carbocycles. The molecule has 0 unspecified atom stereocenters. The summed E-state index contributed by atoms with van der Waals surface area (Å²) in [5, 5.41) is 0. The Balaban J connectivity index is 2.80. The second-order valence-corrected chi connectivity index (χ2v) is 4.67. The molecule has 0 aromatic heterocycles. The van der Waals surface area contributed by atoms with E-state index >= 15 is 0 Å². The third kappa shape index (κ3) is 3.74.